The summed E-state index contributed by atoms with van der Waals surface area (Å²) in [7, 11) is 1.69. The van der Waals surface area contributed by atoms with Gasteiger partial charge in [-0.05, 0) is 48.8 Å². The molecule has 0 unspecified atom stereocenters. The van der Waals surface area contributed by atoms with E-state index in [-0.39, 0.29) is 37.8 Å². The number of halogens is 3. The number of rotatable bonds is 8. The van der Waals surface area contributed by atoms with Crippen LogP contribution in [-0.4, -0.2) is 71.2 Å². The minimum absolute atomic E-state index is 0.114. The van der Waals surface area contributed by atoms with Gasteiger partial charge in [0.25, 0.3) is 0 Å². The number of carbonyl (C=O) groups is 2. The summed E-state index contributed by atoms with van der Waals surface area (Å²) in [5.74, 6) is -0.371. The third-order valence-electron chi connectivity index (χ3n) is 5.49. The summed E-state index contributed by atoms with van der Waals surface area (Å²) in [5.41, 5.74) is 6.55. The van der Waals surface area contributed by atoms with Crippen molar-refractivity contribution in [2.75, 3.05) is 38.5 Å². The van der Waals surface area contributed by atoms with Crippen LogP contribution in [0.1, 0.15) is 36.2 Å². The number of alkyl halides is 3. The zero-order valence-electron chi connectivity index (χ0n) is 21.3. The second-order valence-electron chi connectivity index (χ2n) is 8.91. The lowest BCUT2D eigenvalue weighted by atomic mass is 9.98. The van der Waals surface area contributed by atoms with Gasteiger partial charge in [-0.1, -0.05) is 26.0 Å². The van der Waals surface area contributed by atoms with E-state index in [0.29, 0.717) is 31.2 Å². The molecule has 0 spiro atoms. The number of likely N-dealkylation sites (N-methyl/N-ethyl adjacent to an activating group) is 1. The summed E-state index contributed by atoms with van der Waals surface area (Å²) in [6.07, 6.45) is -3.76. The van der Waals surface area contributed by atoms with Gasteiger partial charge in [0.05, 0.1) is 24.3 Å². The number of amides is 2. The molecule has 0 saturated carbocycles. The molecule has 0 atom stereocenters. The van der Waals surface area contributed by atoms with Crippen LogP contribution in [0.15, 0.2) is 36.5 Å². The fourth-order valence-corrected chi connectivity index (χ4v) is 3.76. The van der Waals surface area contributed by atoms with Gasteiger partial charge in [-0.15, -0.1) is 0 Å². The van der Waals surface area contributed by atoms with E-state index >= 15 is 0 Å². The molecule has 2 heterocycles. The lowest BCUT2D eigenvalue weighted by Gasteiger charge is -2.28. The maximum atomic E-state index is 13.4. The normalized spacial score (nSPS) is 12.9. The standard InChI is InChI=1S/C22H26F3N5O3.C3H9N/c1-26-9-11-29(14-19-17(22(23,24)25)5-3-8-27-19)20(31)12-28-18-6-2-4-15-13-30(21(32)33)10-7-16(15)18;1-3(2)4/h2-6,8,26,28H,7,9-14H2,1H3,(H,32,33);3H,4H2,1-2H3. The van der Waals surface area contributed by atoms with Crippen LogP contribution in [0.4, 0.5) is 23.7 Å². The SMILES string of the molecule is CC(C)N.CNCCN(Cc1ncccc1C(F)(F)F)C(=O)CNc1cccc2c1CCN(C(=O)O)C2. The maximum Gasteiger partial charge on any atom is 0.418 e. The van der Waals surface area contributed by atoms with E-state index in [0.717, 1.165) is 17.2 Å². The summed E-state index contributed by atoms with van der Waals surface area (Å²) in [4.78, 5) is 30.7. The Labute approximate surface area is 214 Å². The van der Waals surface area contributed by atoms with E-state index in [4.69, 9.17) is 5.73 Å². The molecule has 0 radical (unpaired) electrons. The van der Waals surface area contributed by atoms with Gasteiger partial charge in [0.2, 0.25) is 5.91 Å². The molecule has 0 fully saturated rings. The van der Waals surface area contributed by atoms with E-state index in [2.05, 4.69) is 15.6 Å². The molecule has 5 N–H and O–H groups in total. The summed E-state index contributed by atoms with van der Waals surface area (Å²) in [5, 5.41) is 15.2. The van der Waals surface area contributed by atoms with Crippen LogP contribution < -0.4 is 16.4 Å². The Morgan fingerprint density at radius 3 is 2.57 bits per heavy atom. The highest BCUT2D eigenvalue weighted by Crippen LogP contribution is 2.31. The lowest BCUT2D eigenvalue weighted by Crippen LogP contribution is -2.40. The number of hydrogen-bond donors (Lipinski definition) is 4. The lowest BCUT2D eigenvalue weighted by molar-refractivity contribution is -0.140. The quantitative estimate of drug-likeness (QED) is 0.418. The van der Waals surface area contributed by atoms with Crippen molar-refractivity contribution in [3.63, 3.8) is 0 Å². The first kappa shape index (κ1) is 29.8. The van der Waals surface area contributed by atoms with Crippen LogP contribution in [0.5, 0.6) is 0 Å². The van der Waals surface area contributed by atoms with Crippen molar-refractivity contribution in [2.24, 2.45) is 5.73 Å². The third kappa shape index (κ3) is 9.21. The molecule has 0 aliphatic carbocycles. The molecule has 1 aliphatic rings. The minimum Gasteiger partial charge on any atom is -0.465 e. The number of carbonyl (C=O) groups excluding carboxylic acids is 1. The van der Waals surface area contributed by atoms with Gasteiger partial charge in [0, 0.05) is 38.1 Å². The van der Waals surface area contributed by atoms with Gasteiger partial charge in [0.1, 0.15) is 0 Å². The molecule has 37 heavy (non-hydrogen) atoms. The molecule has 1 aromatic heterocycles. The molecule has 1 aliphatic heterocycles. The van der Waals surface area contributed by atoms with Gasteiger partial charge < -0.3 is 31.3 Å². The molecule has 0 bridgehead atoms. The zero-order valence-corrected chi connectivity index (χ0v) is 21.3. The average molecular weight is 525 g/mol. The number of fused-ring (bicyclic) bond motifs is 1. The Morgan fingerprint density at radius 1 is 1.24 bits per heavy atom. The molecule has 1 aromatic carbocycles. The van der Waals surface area contributed by atoms with Crippen LogP contribution >= 0.6 is 0 Å². The molecular formula is C25H35F3N6O3. The average Bonchev–Trinajstić information content (AvgIpc) is 2.83. The Morgan fingerprint density at radius 2 is 1.95 bits per heavy atom. The monoisotopic (exact) mass is 524 g/mol. The smallest absolute Gasteiger partial charge is 0.418 e. The predicted octanol–water partition coefficient (Wildman–Crippen LogP) is 3.15. The highest BCUT2D eigenvalue weighted by Gasteiger charge is 2.34. The van der Waals surface area contributed by atoms with Crippen LogP contribution in [0.25, 0.3) is 0 Å². The Balaban J connectivity index is 0.00000112. The fraction of sp³-hybridized carbons (Fsp3) is 0.480. The van der Waals surface area contributed by atoms with Gasteiger partial charge >= 0.3 is 12.3 Å². The van der Waals surface area contributed by atoms with Gasteiger partial charge in [-0.25, -0.2) is 4.79 Å². The molecule has 9 nitrogen and oxygen atoms in total. The van der Waals surface area contributed by atoms with E-state index < -0.39 is 17.8 Å². The van der Waals surface area contributed by atoms with Crippen molar-refractivity contribution in [3.05, 3.63) is 58.9 Å². The first-order valence-electron chi connectivity index (χ1n) is 12.0. The highest BCUT2D eigenvalue weighted by molar-refractivity contribution is 5.81. The fourth-order valence-electron chi connectivity index (χ4n) is 3.76. The summed E-state index contributed by atoms with van der Waals surface area (Å²) in [6.45, 7) is 4.75. The van der Waals surface area contributed by atoms with Crippen molar-refractivity contribution < 1.29 is 27.9 Å². The van der Waals surface area contributed by atoms with Crippen LogP contribution in [0, 0.1) is 0 Å². The first-order valence-corrected chi connectivity index (χ1v) is 12.0. The largest absolute Gasteiger partial charge is 0.465 e. The zero-order chi connectivity index (χ0) is 27.6. The van der Waals surface area contributed by atoms with Gasteiger partial charge in [-0.3, -0.25) is 9.78 Å². The number of benzene rings is 1. The molecule has 2 amide bonds. The number of pyridine rings is 1. The van der Waals surface area contributed by atoms with Gasteiger partial charge in [0.15, 0.2) is 0 Å². The molecule has 2 aromatic rings. The Kier molecular flexibility index (Phi) is 11.1. The number of carboxylic acid groups (broad SMARTS) is 1. The Bertz CT molecular complexity index is 1050. The highest BCUT2D eigenvalue weighted by atomic mass is 19.4. The second-order valence-corrected chi connectivity index (χ2v) is 8.91. The predicted molar refractivity (Wildman–Crippen MR) is 135 cm³/mol. The van der Waals surface area contributed by atoms with E-state index in [1.165, 1.54) is 22.1 Å². The molecule has 204 valence electrons. The number of nitrogens with one attached hydrogen (secondary N) is 2. The topological polar surface area (TPSA) is 124 Å². The number of hydrogen-bond acceptors (Lipinski definition) is 6. The summed E-state index contributed by atoms with van der Waals surface area (Å²) >= 11 is 0. The molecule has 12 heteroatoms. The number of aromatic nitrogens is 1. The van der Waals surface area contributed by atoms with Gasteiger partial charge in [-0.2, -0.15) is 13.2 Å². The summed E-state index contributed by atoms with van der Waals surface area (Å²) < 4.78 is 40.1. The van der Waals surface area contributed by atoms with Crippen molar-refractivity contribution in [3.8, 4) is 0 Å². The van der Waals surface area contributed by atoms with E-state index in [1.807, 2.05) is 19.9 Å². The molecule has 3 rings (SSSR count). The van der Waals surface area contributed by atoms with Crippen LogP contribution in [-0.2, 0) is 30.5 Å². The maximum absolute atomic E-state index is 13.4. The van der Waals surface area contributed by atoms with Crippen molar-refractivity contribution in [1.29, 1.82) is 0 Å². The third-order valence-corrected chi connectivity index (χ3v) is 5.49. The summed E-state index contributed by atoms with van der Waals surface area (Å²) in [6, 6.07) is 7.94. The number of nitrogens with zero attached hydrogens (tertiary/aromatic N) is 3. The van der Waals surface area contributed by atoms with Crippen LogP contribution in [0.3, 0.4) is 0 Å². The molecule has 0 saturated heterocycles. The number of nitrogens with two attached hydrogens (primary N) is 1. The van der Waals surface area contributed by atoms with E-state index in [9.17, 15) is 27.9 Å². The minimum atomic E-state index is -4.56. The van der Waals surface area contributed by atoms with Crippen molar-refractivity contribution in [2.45, 2.75) is 45.6 Å². The van der Waals surface area contributed by atoms with Crippen molar-refractivity contribution in [1.82, 2.24) is 20.1 Å². The second kappa shape index (κ2) is 13.8. The van der Waals surface area contributed by atoms with Crippen LogP contribution in [0.2, 0.25) is 0 Å². The Hall–Kier alpha value is -3.38. The first-order chi connectivity index (χ1) is 17.4. The number of anilines is 1. The van der Waals surface area contributed by atoms with Crippen molar-refractivity contribution >= 4 is 17.7 Å². The van der Waals surface area contributed by atoms with E-state index in [1.54, 1.807) is 19.2 Å². The molecular weight excluding hydrogens is 489 g/mol.